The van der Waals surface area contributed by atoms with Gasteiger partial charge in [0.2, 0.25) is 10.0 Å². The Morgan fingerprint density at radius 2 is 2.35 bits per heavy atom. The Morgan fingerprint density at radius 1 is 1.55 bits per heavy atom. The van der Waals surface area contributed by atoms with Gasteiger partial charge in [-0.05, 0) is 30.3 Å². The van der Waals surface area contributed by atoms with E-state index in [4.69, 9.17) is 4.74 Å². The van der Waals surface area contributed by atoms with Crippen molar-refractivity contribution < 1.29 is 13.2 Å². The maximum Gasteiger partial charge on any atom is 0.244 e. The third-order valence-corrected chi connectivity index (χ3v) is 6.51. The highest BCUT2D eigenvalue weighted by Crippen LogP contribution is 2.29. The second kappa shape index (κ2) is 7.00. The van der Waals surface area contributed by atoms with Crippen molar-refractivity contribution in [1.29, 1.82) is 0 Å². The molecular weight excluding hydrogens is 296 g/mol. The van der Waals surface area contributed by atoms with Crippen LogP contribution in [0, 0.1) is 5.92 Å². The molecule has 114 valence electrons. The molecule has 1 saturated heterocycles. The lowest BCUT2D eigenvalue weighted by atomic mass is 10.1. The summed E-state index contributed by atoms with van der Waals surface area (Å²) in [5.74, 6) is 0.311. The summed E-state index contributed by atoms with van der Waals surface area (Å²) >= 11 is 1.49. The van der Waals surface area contributed by atoms with Crippen molar-refractivity contribution in [2.45, 2.75) is 24.8 Å². The van der Waals surface area contributed by atoms with E-state index in [1.807, 2.05) is 12.3 Å². The topological polar surface area (TPSA) is 58.6 Å². The zero-order valence-electron chi connectivity index (χ0n) is 12.0. The molecule has 0 bridgehead atoms. The molecule has 0 saturated carbocycles. The number of methoxy groups -OCH3 is 1. The normalized spacial score (nSPS) is 20.6. The minimum atomic E-state index is -3.36. The van der Waals surface area contributed by atoms with Crippen LogP contribution in [0.3, 0.4) is 0 Å². The fourth-order valence-corrected chi connectivity index (χ4v) is 5.37. The van der Waals surface area contributed by atoms with Crippen molar-refractivity contribution in [3.8, 4) is 0 Å². The molecule has 0 aromatic carbocycles. The molecule has 1 atom stereocenters. The van der Waals surface area contributed by atoms with E-state index in [1.165, 1.54) is 11.3 Å². The summed E-state index contributed by atoms with van der Waals surface area (Å²) in [6.07, 6.45) is 0.875. The Balaban J connectivity index is 2.13. The first-order valence-electron chi connectivity index (χ1n) is 6.85. The van der Waals surface area contributed by atoms with E-state index < -0.39 is 10.0 Å². The molecule has 1 aliphatic heterocycles. The number of hydrogen-bond acceptors (Lipinski definition) is 5. The van der Waals surface area contributed by atoms with E-state index in [-0.39, 0.29) is 0 Å². The van der Waals surface area contributed by atoms with Gasteiger partial charge in [0, 0.05) is 31.6 Å². The summed E-state index contributed by atoms with van der Waals surface area (Å²) in [6.45, 7) is 5.23. The molecule has 1 fully saturated rings. The van der Waals surface area contributed by atoms with E-state index in [0.717, 1.165) is 17.8 Å². The molecule has 1 unspecified atom stereocenters. The van der Waals surface area contributed by atoms with Gasteiger partial charge in [-0.2, -0.15) is 4.31 Å². The van der Waals surface area contributed by atoms with Gasteiger partial charge >= 0.3 is 0 Å². The second-order valence-electron chi connectivity index (χ2n) is 4.96. The zero-order valence-corrected chi connectivity index (χ0v) is 13.6. The zero-order chi connectivity index (χ0) is 14.6. The Bertz CT molecular complexity index is 527. The van der Waals surface area contributed by atoms with Crippen LogP contribution < -0.4 is 5.32 Å². The number of nitrogens with one attached hydrogen (secondary N) is 1. The number of nitrogens with zero attached hydrogens (tertiary/aromatic N) is 1. The van der Waals surface area contributed by atoms with Crippen LogP contribution in [-0.2, 0) is 21.3 Å². The Hall–Kier alpha value is -0.470. The minimum absolute atomic E-state index is 0.311. The predicted molar refractivity (Wildman–Crippen MR) is 80.4 cm³/mol. The van der Waals surface area contributed by atoms with Crippen LogP contribution in [0.1, 0.15) is 18.2 Å². The van der Waals surface area contributed by atoms with E-state index in [2.05, 4.69) is 5.32 Å². The molecular formula is C13H22N2O3S2. The van der Waals surface area contributed by atoms with Gasteiger partial charge in [0.15, 0.2) is 0 Å². The van der Waals surface area contributed by atoms with Gasteiger partial charge in [-0.1, -0.05) is 6.92 Å². The molecule has 5 nitrogen and oxygen atoms in total. The first-order valence-corrected chi connectivity index (χ1v) is 9.17. The van der Waals surface area contributed by atoms with Crippen LogP contribution >= 0.6 is 11.3 Å². The van der Waals surface area contributed by atoms with E-state index >= 15 is 0 Å². The van der Waals surface area contributed by atoms with Crippen molar-refractivity contribution >= 4 is 21.4 Å². The van der Waals surface area contributed by atoms with Crippen LogP contribution in [0.15, 0.2) is 16.3 Å². The first-order chi connectivity index (χ1) is 9.59. The maximum atomic E-state index is 12.7. The Kier molecular flexibility index (Phi) is 5.57. The molecule has 1 aromatic heterocycles. The number of ether oxygens (including phenoxy) is 1. The lowest BCUT2D eigenvalue weighted by Crippen LogP contribution is -2.30. The SMILES string of the molecule is CCNCc1sccc1S(=O)(=O)N1CCC(COC)C1. The smallest absolute Gasteiger partial charge is 0.244 e. The fourth-order valence-electron chi connectivity index (χ4n) is 2.45. The van der Waals surface area contributed by atoms with Crippen LogP contribution in [-0.4, -0.2) is 46.1 Å². The molecule has 20 heavy (non-hydrogen) atoms. The molecule has 0 spiro atoms. The lowest BCUT2D eigenvalue weighted by Gasteiger charge is -2.17. The fraction of sp³-hybridized carbons (Fsp3) is 0.692. The molecule has 1 aliphatic rings. The van der Waals surface area contributed by atoms with Crippen LogP contribution in [0.5, 0.6) is 0 Å². The molecule has 1 N–H and O–H groups in total. The second-order valence-corrected chi connectivity index (χ2v) is 7.87. The summed E-state index contributed by atoms with van der Waals surface area (Å²) in [5.41, 5.74) is 0. The molecule has 1 aromatic rings. The summed E-state index contributed by atoms with van der Waals surface area (Å²) in [5, 5.41) is 5.04. The van der Waals surface area contributed by atoms with Crippen LogP contribution in [0.25, 0.3) is 0 Å². The molecule has 7 heteroatoms. The maximum absolute atomic E-state index is 12.7. The van der Waals surface area contributed by atoms with E-state index in [0.29, 0.717) is 37.1 Å². The summed E-state index contributed by atoms with van der Waals surface area (Å²) < 4.78 is 32.1. The van der Waals surface area contributed by atoms with Crippen molar-refractivity contribution in [2.75, 3.05) is 33.4 Å². The highest BCUT2D eigenvalue weighted by atomic mass is 32.2. The van der Waals surface area contributed by atoms with Crippen LogP contribution in [0.4, 0.5) is 0 Å². The van der Waals surface area contributed by atoms with Crippen LogP contribution in [0.2, 0.25) is 0 Å². The van der Waals surface area contributed by atoms with Gasteiger partial charge < -0.3 is 10.1 Å². The average molecular weight is 318 g/mol. The predicted octanol–water partition coefficient (Wildman–Crippen LogP) is 1.51. The van der Waals surface area contributed by atoms with E-state index in [1.54, 1.807) is 17.5 Å². The van der Waals surface area contributed by atoms with E-state index in [9.17, 15) is 8.42 Å². The van der Waals surface area contributed by atoms with Gasteiger partial charge in [-0.25, -0.2) is 8.42 Å². The Labute approximate surface area is 125 Å². The highest BCUT2D eigenvalue weighted by Gasteiger charge is 2.34. The molecule has 2 heterocycles. The third-order valence-electron chi connectivity index (χ3n) is 3.51. The minimum Gasteiger partial charge on any atom is -0.384 e. The average Bonchev–Trinajstić information content (AvgIpc) is 3.05. The largest absolute Gasteiger partial charge is 0.384 e. The first kappa shape index (κ1) is 15.9. The number of sulfonamides is 1. The summed E-state index contributed by atoms with van der Waals surface area (Å²) in [7, 11) is -1.70. The van der Waals surface area contributed by atoms with Gasteiger partial charge in [0.1, 0.15) is 0 Å². The molecule has 0 amide bonds. The number of rotatable bonds is 7. The van der Waals surface area contributed by atoms with Gasteiger partial charge in [-0.15, -0.1) is 11.3 Å². The molecule has 2 rings (SSSR count). The monoisotopic (exact) mass is 318 g/mol. The molecule has 0 radical (unpaired) electrons. The highest BCUT2D eigenvalue weighted by molar-refractivity contribution is 7.89. The standard InChI is InChI=1S/C13H22N2O3S2/c1-3-14-8-12-13(5-7-19-12)20(16,17)15-6-4-11(9-15)10-18-2/h5,7,11,14H,3-4,6,8-10H2,1-2H3. The van der Waals surface area contributed by atoms with Gasteiger partial charge in [0.05, 0.1) is 11.5 Å². The molecule has 0 aliphatic carbocycles. The number of hydrogen-bond donors (Lipinski definition) is 1. The number of thiophene rings is 1. The van der Waals surface area contributed by atoms with Gasteiger partial charge in [0.25, 0.3) is 0 Å². The quantitative estimate of drug-likeness (QED) is 0.828. The van der Waals surface area contributed by atoms with Crippen molar-refractivity contribution in [2.24, 2.45) is 5.92 Å². The third kappa shape index (κ3) is 3.40. The van der Waals surface area contributed by atoms with Crippen molar-refractivity contribution in [1.82, 2.24) is 9.62 Å². The van der Waals surface area contributed by atoms with Crippen molar-refractivity contribution in [3.63, 3.8) is 0 Å². The van der Waals surface area contributed by atoms with Crippen molar-refractivity contribution in [3.05, 3.63) is 16.3 Å². The lowest BCUT2D eigenvalue weighted by molar-refractivity contribution is 0.157. The summed E-state index contributed by atoms with van der Waals surface area (Å²) in [4.78, 5) is 1.35. The van der Waals surface area contributed by atoms with Gasteiger partial charge in [-0.3, -0.25) is 0 Å². The Morgan fingerprint density at radius 3 is 3.05 bits per heavy atom. The summed E-state index contributed by atoms with van der Waals surface area (Å²) in [6, 6.07) is 1.72.